The SMILES string of the molecule is C[C@H](C(=O)NC1CCCCC1)N(Cc1ccc(Br)cc1)C(=O)CN(c1cccc([N+](=O)[O-])c1)S(C)(=O)=O. The van der Waals surface area contributed by atoms with Gasteiger partial charge in [0.2, 0.25) is 21.8 Å². The Morgan fingerprint density at radius 3 is 2.38 bits per heavy atom. The zero-order valence-corrected chi connectivity index (χ0v) is 23.2. The number of non-ortho nitro benzene ring substituents is 1. The summed E-state index contributed by atoms with van der Waals surface area (Å²) in [5.74, 6) is -0.912. The van der Waals surface area contributed by atoms with Crippen molar-refractivity contribution >= 4 is 49.1 Å². The first-order valence-electron chi connectivity index (χ1n) is 12.0. The molecule has 0 spiro atoms. The molecule has 0 aromatic heterocycles. The third kappa shape index (κ3) is 8.00. The summed E-state index contributed by atoms with van der Waals surface area (Å²) in [4.78, 5) is 38.7. The molecule has 2 aromatic carbocycles. The Hall–Kier alpha value is -2.99. The van der Waals surface area contributed by atoms with Gasteiger partial charge in [-0.1, -0.05) is 53.4 Å². The molecular weight excluding hydrogens is 564 g/mol. The van der Waals surface area contributed by atoms with E-state index in [0.717, 1.165) is 58.8 Å². The number of rotatable bonds is 10. The van der Waals surface area contributed by atoms with Gasteiger partial charge in [-0.2, -0.15) is 0 Å². The minimum atomic E-state index is -3.98. The maximum atomic E-state index is 13.6. The predicted molar refractivity (Wildman–Crippen MR) is 144 cm³/mol. The van der Waals surface area contributed by atoms with E-state index in [9.17, 15) is 28.1 Å². The van der Waals surface area contributed by atoms with Crippen molar-refractivity contribution in [3.63, 3.8) is 0 Å². The van der Waals surface area contributed by atoms with Crippen molar-refractivity contribution in [2.24, 2.45) is 0 Å². The second kappa shape index (κ2) is 12.5. The van der Waals surface area contributed by atoms with Crippen LogP contribution in [-0.4, -0.2) is 54.9 Å². The molecule has 0 saturated heterocycles. The molecule has 1 aliphatic rings. The Bertz CT molecular complexity index is 1230. The van der Waals surface area contributed by atoms with E-state index < -0.39 is 33.4 Å². The molecule has 0 heterocycles. The molecule has 200 valence electrons. The predicted octanol–water partition coefficient (Wildman–Crippen LogP) is 3.99. The molecule has 10 nitrogen and oxygen atoms in total. The first-order chi connectivity index (χ1) is 17.5. The number of sulfonamides is 1. The van der Waals surface area contributed by atoms with E-state index in [-0.39, 0.29) is 29.9 Å². The minimum Gasteiger partial charge on any atom is -0.352 e. The molecular formula is C25H31BrN4O6S. The van der Waals surface area contributed by atoms with Crippen LogP contribution in [0.5, 0.6) is 0 Å². The zero-order chi connectivity index (χ0) is 27.2. The smallest absolute Gasteiger partial charge is 0.271 e. The van der Waals surface area contributed by atoms with E-state index in [1.807, 2.05) is 24.3 Å². The minimum absolute atomic E-state index is 0.00653. The first kappa shape index (κ1) is 28.6. The number of amides is 2. The van der Waals surface area contributed by atoms with E-state index in [1.54, 1.807) is 6.92 Å². The molecule has 1 fully saturated rings. The second-order valence-electron chi connectivity index (χ2n) is 9.21. The molecule has 2 amide bonds. The number of anilines is 1. The lowest BCUT2D eigenvalue weighted by Crippen LogP contribution is -2.52. The lowest BCUT2D eigenvalue weighted by molar-refractivity contribution is -0.384. The summed E-state index contributed by atoms with van der Waals surface area (Å²) >= 11 is 3.38. The summed E-state index contributed by atoms with van der Waals surface area (Å²) in [6.07, 6.45) is 5.90. The number of hydrogen-bond acceptors (Lipinski definition) is 6. The molecule has 0 aliphatic heterocycles. The van der Waals surface area contributed by atoms with Gasteiger partial charge >= 0.3 is 0 Å². The van der Waals surface area contributed by atoms with Crippen LogP contribution in [0.4, 0.5) is 11.4 Å². The van der Waals surface area contributed by atoms with Crippen LogP contribution in [0.3, 0.4) is 0 Å². The van der Waals surface area contributed by atoms with E-state index >= 15 is 0 Å². The summed E-state index contributed by atoms with van der Waals surface area (Å²) < 4.78 is 26.9. The maximum Gasteiger partial charge on any atom is 0.271 e. The number of benzene rings is 2. The Kier molecular flexibility index (Phi) is 9.66. The zero-order valence-electron chi connectivity index (χ0n) is 20.8. The van der Waals surface area contributed by atoms with Crippen molar-refractivity contribution in [1.29, 1.82) is 0 Å². The van der Waals surface area contributed by atoms with Crippen LogP contribution in [0.1, 0.15) is 44.6 Å². The number of carbonyl (C=O) groups is 2. The van der Waals surface area contributed by atoms with Gasteiger partial charge in [0.05, 0.1) is 16.9 Å². The third-order valence-corrected chi connectivity index (χ3v) is 8.06. The molecule has 3 rings (SSSR count). The van der Waals surface area contributed by atoms with Gasteiger partial charge in [0.25, 0.3) is 5.69 Å². The monoisotopic (exact) mass is 594 g/mol. The van der Waals surface area contributed by atoms with Crippen LogP contribution < -0.4 is 9.62 Å². The normalized spacial score (nSPS) is 15.0. The summed E-state index contributed by atoms with van der Waals surface area (Å²) in [6.45, 7) is 1.09. The molecule has 0 bridgehead atoms. The Morgan fingerprint density at radius 2 is 1.78 bits per heavy atom. The summed E-state index contributed by atoms with van der Waals surface area (Å²) in [5, 5.41) is 14.3. The second-order valence-corrected chi connectivity index (χ2v) is 12.0. The van der Waals surface area contributed by atoms with Crippen molar-refractivity contribution in [2.75, 3.05) is 17.1 Å². The van der Waals surface area contributed by atoms with Crippen LogP contribution in [0.2, 0.25) is 0 Å². The van der Waals surface area contributed by atoms with Crippen LogP contribution in [0.15, 0.2) is 53.0 Å². The quantitative estimate of drug-likeness (QED) is 0.327. The average molecular weight is 596 g/mol. The lowest BCUT2D eigenvalue weighted by Gasteiger charge is -2.33. The molecule has 12 heteroatoms. The number of halogens is 1. The first-order valence-corrected chi connectivity index (χ1v) is 14.7. The van der Waals surface area contributed by atoms with Gasteiger partial charge in [-0.05, 0) is 43.5 Å². The third-order valence-electron chi connectivity index (χ3n) is 6.39. The van der Waals surface area contributed by atoms with Gasteiger partial charge in [-0.15, -0.1) is 0 Å². The molecule has 37 heavy (non-hydrogen) atoms. The number of nitrogens with one attached hydrogen (secondary N) is 1. The highest BCUT2D eigenvalue weighted by Gasteiger charge is 2.31. The molecule has 0 radical (unpaired) electrons. The van der Waals surface area contributed by atoms with Crippen LogP contribution in [-0.2, 0) is 26.2 Å². The fraction of sp³-hybridized carbons (Fsp3) is 0.440. The highest BCUT2D eigenvalue weighted by atomic mass is 79.9. The topological polar surface area (TPSA) is 130 Å². The standard InChI is InChI=1S/C25H31BrN4O6S/c1-18(25(32)27-21-7-4-3-5-8-21)28(16-19-11-13-20(26)14-12-19)24(31)17-29(37(2,35)36)22-9-6-10-23(15-22)30(33)34/h6,9-15,18,21H,3-5,7-8,16-17H2,1-2H3,(H,27,32)/t18-/m1/s1. The van der Waals surface area contributed by atoms with Crippen molar-refractivity contribution in [1.82, 2.24) is 10.2 Å². The van der Waals surface area contributed by atoms with Crippen molar-refractivity contribution < 1.29 is 22.9 Å². The Labute approximate surface area is 225 Å². The van der Waals surface area contributed by atoms with Crippen molar-refractivity contribution in [2.45, 2.75) is 57.7 Å². The largest absolute Gasteiger partial charge is 0.352 e. The van der Waals surface area contributed by atoms with Crippen LogP contribution >= 0.6 is 15.9 Å². The van der Waals surface area contributed by atoms with Crippen molar-refractivity contribution in [3.8, 4) is 0 Å². The average Bonchev–Trinajstić information content (AvgIpc) is 2.86. The van der Waals surface area contributed by atoms with Crippen molar-refractivity contribution in [3.05, 3.63) is 68.7 Å². The van der Waals surface area contributed by atoms with Crippen LogP contribution in [0.25, 0.3) is 0 Å². The van der Waals surface area contributed by atoms with E-state index in [0.29, 0.717) is 0 Å². The van der Waals surface area contributed by atoms with E-state index in [2.05, 4.69) is 21.2 Å². The highest BCUT2D eigenvalue weighted by Crippen LogP contribution is 2.24. The van der Waals surface area contributed by atoms with Gasteiger partial charge in [0, 0.05) is 29.2 Å². The van der Waals surface area contributed by atoms with Gasteiger partial charge in [0.1, 0.15) is 12.6 Å². The summed E-state index contributed by atoms with van der Waals surface area (Å²) in [5.41, 5.74) is 0.452. The highest BCUT2D eigenvalue weighted by molar-refractivity contribution is 9.10. The number of nitrogens with zero attached hydrogens (tertiary/aromatic N) is 3. The molecule has 0 unspecified atom stereocenters. The fourth-order valence-corrected chi connectivity index (χ4v) is 5.42. The fourth-order valence-electron chi connectivity index (χ4n) is 4.31. The van der Waals surface area contributed by atoms with Crippen LogP contribution in [0, 0.1) is 10.1 Å². The summed E-state index contributed by atoms with van der Waals surface area (Å²) in [7, 11) is -3.98. The summed E-state index contributed by atoms with van der Waals surface area (Å²) in [6, 6.07) is 11.5. The Balaban J connectivity index is 1.89. The number of carbonyl (C=O) groups excluding carboxylic acids is 2. The van der Waals surface area contributed by atoms with E-state index in [4.69, 9.17) is 0 Å². The van der Waals surface area contributed by atoms with Gasteiger partial charge in [-0.25, -0.2) is 8.42 Å². The van der Waals surface area contributed by atoms with Gasteiger partial charge < -0.3 is 10.2 Å². The molecule has 1 saturated carbocycles. The lowest BCUT2D eigenvalue weighted by atomic mass is 9.95. The number of nitro benzene ring substituents is 1. The molecule has 1 aliphatic carbocycles. The molecule has 1 atom stereocenters. The van der Waals surface area contributed by atoms with Gasteiger partial charge in [0.15, 0.2) is 0 Å². The Morgan fingerprint density at radius 1 is 1.14 bits per heavy atom. The number of nitro groups is 1. The maximum absolute atomic E-state index is 13.6. The number of hydrogen-bond donors (Lipinski definition) is 1. The molecule has 2 aromatic rings. The van der Waals surface area contributed by atoms with E-state index in [1.165, 1.54) is 23.1 Å². The van der Waals surface area contributed by atoms with Gasteiger partial charge in [-0.3, -0.25) is 24.0 Å². The molecule has 1 N–H and O–H groups in total.